The molecule has 36 heavy (non-hydrogen) atoms. The van der Waals surface area contributed by atoms with E-state index in [4.69, 9.17) is 0 Å². The summed E-state index contributed by atoms with van der Waals surface area (Å²) in [5, 5.41) is 5.58. The number of para-hydroxylation sites is 1. The minimum Gasteiger partial charge on any atom is -0.611 e. The minimum atomic E-state index is -1.00. The maximum absolute atomic E-state index is 12.9. The van der Waals surface area contributed by atoms with Gasteiger partial charge in [-0.05, 0) is 79.5 Å². The molecule has 0 radical (unpaired) electrons. The molecule has 1 heterocycles. The molecule has 6 nitrogen and oxygen atoms in total. The first-order valence-electron chi connectivity index (χ1n) is 12.2. The molecule has 0 saturated carbocycles. The van der Waals surface area contributed by atoms with Crippen molar-refractivity contribution in [3.05, 3.63) is 72.3 Å². The molecule has 0 aliphatic carbocycles. The van der Waals surface area contributed by atoms with Crippen molar-refractivity contribution < 1.29 is 19.0 Å². The Morgan fingerprint density at radius 1 is 0.917 bits per heavy atom. The van der Waals surface area contributed by atoms with Crippen molar-refractivity contribution in [2.75, 3.05) is 5.75 Å². The zero-order valence-electron chi connectivity index (χ0n) is 20.8. The highest BCUT2D eigenvalue weighted by Crippen LogP contribution is 2.33. The summed E-state index contributed by atoms with van der Waals surface area (Å²) in [7, 11) is 0. The first-order chi connectivity index (χ1) is 17.4. The number of ketones is 1. The summed E-state index contributed by atoms with van der Waals surface area (Å²) in [6.07, 6.45) is 4.43. The highest BCUT2D eigenvalue weighted by molar-refractivity contribution is 7.91. The molecule has 1 unspecified atom stereocenters. The van der Waals surface area contributed by atoms with Crippen LogP contribution in [0.15, 0.2) is 76.8 Å². The van der Waals surface area contributed by atoms with Crippen molar-refractivity contribution in [3.63, 3.8) is 0 Å². The second-order valence-electron chi connectivity index (χ2n) is 8.78. The van der Waals surface area contributed by atoms with Gasteiger partial charge in [-0.1, -0.05) is 43.1 Å². The van der Waals surface area contributed by atoms with E-state index in [1.807, 2.05) is 60.7 Å². The number of carbonyl (C=O) groups is 2. The van der Waals surface area contributed by atoms with Crippen LogP contribution in [-0.4, -0.2) is 32.3 Å². The highest BCUT2D eigenvalue weighted by atomic mass is 32.2. The molecule has 0 fully saturated rings. The summed E-state index contributed by atoms with van der Waals surface area (Å²) >= 11 is -1.00. The van der Waals surface area contributed by atoms with Gasteiger partial charge in [0.15, 0.2) is 4.90 Å². The van der Waals surface area contributed by atoms with Crippen LogP contribution >= 0.6 is 0 Å². The van der Waals surface area contributed by atoms with Gasteiger partial charge in [0.2, 0.25) is 5.78 Å². The van der Waals surface area contributed by atoms with E-state index in [9.17, 15) is 14.1 Å². The van der Waals surface area contributed by atoms with Crippen LogP contribution in [0.4, 0.5) is 0 Å². The number of Topliss-reactive ketones (excluding diaryl/α,β-unsaturated/α-hetero) is 1. The van der Waals surface area contributed by atoms with Gasteiger partial charge in [0, 0.05) is 28.9 Å². The molecular formula is C29H30N2O4S. The van der Waals surface area contributed by atoms with Crippen LogP contribution in [0.3, 0.4) is 0 Å². The van der Waals surface area contributed by atoms with Crippen LogP contribution in [0.5, 0.6) is 0 Å². The largest absolute Gasteiger partial charge is 0.611 e. The summed E-state index contributed by atoms with van der Waals surface area (Å²) in [5.74, 6) is -0.195. The maximum Gasteiger partial charge on any atom is 0.331 e. The quantitative estimate of drug-likeness (QED) is 0.0611. The van der Waals surface area contributed by atoms with Crippen molar-refractivity contribution in [2.24, 2.45) is 5.16 Å². The Bertz CT molecular complexity index is 1420. The second-order valence-corrected chi connectivity index (χ2v) is 10.3. The number of aromatic nitrogens is 1. The molecule has 0 aliphatic rings. The standard InChI is InChI=1S/C29H30N2O4S/c1-4-5-6-9-18-36(34)24-15-13-23(14-16-24)31-27-11-8-7-10-25(27)26-19-22(12-17-28(26)31)29(33)20(2)30-35-21(3)32/h7-8,10-17,19H,4-6,9,18H2,1-3H3. The molecule has 7 heteroatoms. The van der Waals surface area contributed by atoms with Gasteiger partial charge in [-0.3, -0.25) is 4.79 Å². The average molecular weight is 503 g/mol. The fourth-order valence-electron chi connectivity index (χ4n) is 4.30. The van der Waals surface area contributed by atoms with Crippen LogP contribution in [0.25, 0.3) is 27.5 Å². The Hall–Kier alpha value is -3.42. The molecule has 1 atom stereocenters. The smallest absolute Gasteiger partial charge is 0.331 e. The summed E-state index contributed by atoms with van der Waals surface area (Å²) < 4.78 is 14.9. The topological polar surface area (TPSA) is 83.7 Å². The van der Waals surface area contributed by atoms with Gasteiger partial charge in [0.25, 0.3) is 0 Å². The first-order valence-corrected chi connectivity index (χ1v) is 13.5. The minimum absolute atomic E-state index is 0.103. The Kier molecular flexibility index (Phi) is 8.23. The summed E-state index contributed by atoms with van der Waals surface area (Å²) in [6, 6.07) is 21.4. The molecule has 186 valence electrons. The zero-order valence-corrected chi connectivity index (χ0v) is 21.6. The molecule has 1 aromatic heterocycles. The SMILES string of the molecule is CCCCCC[S+]([O-])c1ccc(-n2c3ccccc3c3cc(C(=O)C(C)=NOC(C)=O)ccc32)cc1. The number of rotatable bonds is 10. The Morgan fingerprint density at radius 2 is 1.64 bits per heavy atom. The molecule has 0 saturated heterocycles. The molecule has 0 bridgehead atoms. The van der Waals surface area contributed by atoms with Gasteiger partial charge < -0.3 is 14.0 Å². The van der Waals surface area contributed by atoms with Gasteiger partial charge in [0.1, 0.15) is 11.5 Å². The van der Waals surface area contributed by atoms with Gasteiger partial charge in [-0.15, -0.1) is 0 Å². The van der Waals surface area contributed by atoms with E-state index in [0.29, 0.717) is 11.3 Å². The van der Waals surface area contributed by atoms with Crippen LogP contribution in [0.2, 0.25) is 0 Å². The first kappa shape index (κ1) is 25.7. The van der Waals surface area contributed by atoms with Crippen LogP contribution in [-0.2, 0) is 20.8 Å². The lowest BCUT2D eigenvalue weighted by atomic mass is 10.0. The van der Waals surface area contributed by atoms with Crippen molar-refractivity contribution in [3.8, 4) is 5.69 Å². The van der Waals surface area contributed by atoms with Crippen molar-refractivity contribution in [2.45, 2.75) is 51.3 Å². The second kappa shape index (κ2) is 11.5. The van der Waals surface area contributed by atoms with E-state index in [1.54, 1.807) is 6.07 Å². The molecular weight excluding hydrogens is 472 g/mol. The van der Waals surface area contributed by atoms with Crippen molar-refractivity contribution >= 4 is 50.4 Å². The zero-order chi connectivity index (χ0) is 25.7. The lowest BCUT2D eigenvalue weighted by Gasteiger charge is -2.12. The lowest BCUT2D eigenvalue weighted by Crippen LogP contribution is -2.11. The van der Waals surface area contributed by atoms with E-state index < -0.39 is 17.1 Å². The molecule has 0 aliphatic heterocycles. The van der Waals surface area contributed by atoms with E-state index >= 15 is 0 Å². The molecule has 4 aromatic rings. The fourth-order valence-corrected chi connectivity index (χ4v) is 5.44. The third kappa shape index (κ3) is 5.53. The van der Waals surface area contributed by atoms with E-state index in [0.717, 1.165) is 51.7 Å². The fraction of sp³-hybridized carbons (Fsp3) is 0.276. The Labute approximate surface area is 214 Å². The number of hydrogen-bond acceptors (Lipinski definition) is 5. The number of hydrogen-bond donors (Lipinski definition) is 0. The van der Waals surface area contributed by atoms with E-state index in [-0.39, 0.29) is 11.5 Å². The number of carbonyl (C=O) groups excluding carboxylic acids is 2. The summed E-state index contributed by atoms with van der Waals surface area (Å²) in [4.78, 5) is 29.4. The Balaban J connectivity index is 1.69. The Morgan fingerprint density at radius 3 is 2.36 bits per heavy atom. The average Bonchev–Trinajstić information content (AvgIpc) is 3.23. The number of fused-ring (bicyclic) bond motifs is 3. The van der Waals surface area contributed by atoms with E-state index in [1.165, 1.54) is 20.3 Å². The third-order valence-corrected chi connectivity index (χ3v) is 7.57. The van der Waals surface area contributed by atoms with Gasteiger partial charge in [-0.25, -0.2) is 4.79 Å². The van der Waals surface area contributed by atoms with Gasteiger partial charge in [-0.2, -0.15) is 0 Å². The predicted molar refractivity (Wildman–Crippen MR) is 145 cm³/mol. The lowest BCUT2D eigenvalue weighted by molar-refractivity contribution is -0.140. The van der Waals surface area contributed by atoms with E-state index in [2.05, 4.69) is 21.5 Å². The molecule has 3 aromatic carbocycles. The number of benzene rings is 3. The maximum atomic E-state index is 12.9. The monoisotopic (exact) mass is 502 g/mol. The normalized spacial score (nSPS) is 12.7. The van der Waals surface area contributed by atoms with Crippen LogP contribution in [0, 0.1) is 0 Å². The highest BCUT2D eigenvalue weighted by Gasteiger charge is 2.17. The van der Waals surface area contributed by atoms with Crippen molar-refractivity contribution in [1.82, 2.24) is 4.57 Å². The number of unbranched alkanes of at least 4 members (excludes halogenated alkanes) is 3. The summed E-state index contributed by atoms with van der Waals surface area (Å²) in [6.45, 7) is 4.93. The van der Waals surface area contributed by atoms with Crippen LogP contribution < -0.4 is 0 Å². The van der Waals surface area contributed by atoms with Crippen molar-refractivity contribution in [1.29, 1.82) is 0 Å². The molecule has 4 rings (SSSR count). The molecule has 0 amide bonds. The molecule has 0 N–H and O–H groups in total. The third-order valence-electron chi connectivity index (χ3n) is 6.12. The van der Waals surface area contributed by atoms with Crippen LogP contribution in [0.1, 0.15) is 56.8 Å². The predicted octanol–water partition coefficient (Wildman–Crippen LogP) is 6.59. The number of nitrogens with zero attached hydrogens (tertiary/aromatic N) is 2. The molecule has 0 spiro atoms. The van der Waals surface area contributed by atoms with Gasteiger partial charge >= 0.3 is 5.97 Å². The van der Waals surface area contributed by atoms with Gasteiger partial charge in [0.05, 0.1) is 11.0 Å². The number of oxime groups is 1. The summed E-state index contributed by atoms with van der Waals surface area (Å²) in [5.41, 5.74) is 3.49.